The number of anilines is 1. The van der Waals surface area contributed by atoms with Crippen molar-refractivity contribution in [2.45, 2.75) is 5.03 Å². The molecule has 0 unspecified atom stereocenters. The van der Waals surface area contributed by atoms with Crippen LogP contribution in [0.2, 0.25) is 10.0 Å². The highest BCUT2D eigenvalue weighted by molar-refractivity contribution is 7.98. The minimum Gasteiger partial charge on any atom is -0.396 e. The van der Waals surface area contributed by atoms with Crippen LogP contribution in [0.4, 0.5) is 10.1 Å². The molecular weight excluding hydrogens is 222 g/mol. The van der Waals surface area contributed by atoms with Crippen LogP contribution in [0.1, 0.15) is 0 Å². The number of hydrogen-bond acceptors (Lipinski definition) is 3. The van der Waals surface area contributed by atoms with Gasteiger partial charge in [0.2, 0.25) is 5.95 Å². The summed E-state index contributed by atoms with van der Waals surface area (Å²) < 4.78 is 12.8. The van der Waals surface area contributed by atoms with E-state index < -0.39 is 5.95 Å². The first-order valence-corrected chi connectivity index (χ1v) is 4.90. The lowest BCUT2D eigenvalue weighted by Crippen LogP contribution is -1.96. The minimum atomic E-state index is -0.789. The van der Waals surface area contributed by atoms with Crippen molar-refractivity contribution in [1.29, 1.82) is 0 Å². The standard InChI is InChI=1S/C6H5Cl2FN2S/c1-12-6-3(8)4(10)2(7)5(9)11-6/h1H3,(H2,10,11). The molecule has 0 fully saturated rings. The van der Waals surface area contributed by atoms with E-state index in [1.54, 1.807) is 6.26 Å². The molecule has 1 rings (SSSR count). The van der Waals surface area contributed by atoms with Crippen LogP contribution in [-0.2, 0) is 0 Å². The SMILES string of the molecule is CSc1nc(F)c(Cl)c(N)c1Cl. The first-order chi connectivity index (χ1) is 5.57. The van der Waals surface area contributed by atoms with Crippen LogP contribution >= 0.6 is 35.0 Å². The highest BCUT2D eigenvalue weighted by atomic mass is 35.5. The third kappa shape index (κ3) is 1.60. The normalized spacial score (nSPS) is 10.3. The fraction of sp³-hybridized carbons (Fsp3) is 0.167. The molecule has 0 radical (unpaired) electrons. The van der Waals surface area contributed by atoms with Gasteiger partial charge in [-0.1, -0.05) is 23.2 Å². The van der Waals surface area contributed by atoms with E-state index in [2.05, 4.69) is 4.98 Å². The molecule has 0 bridgehead atoms. The predicted octanol–water partition coefficient (Wildman–Crippen LogP) is 2.83. The Morgan fingerprint density at radius 3 is 2.50 bits per heavy atom. The van der Waals surface area contributed by atoms with Crippen molar-refractivity contribution in [3.63, 3.8) is 0 Å². The fourth-order valence-corrected chi connectivity index (χ4v) is 1.66. The molecule has 0 spiro atoms. The Kier molecular flexibility index (Phi) is 3.04. The number of nitrogens with two attached hydrogens (primary N) is 1. The van der Waals surface area contributed by atoms with Gasteiger partial charge in [0, 0.05) is 0 Å². The molecule has 0 saturated carbocycles. The van der Waals surface area contributed by atoms with Gasteiger partial charge in [0.15, 0.2) is 0 Å². The molecule has 66 valence electrons. The largest absolute Gasteiger partial charge is 0.396 e. The number of rotatable bonds is 1. The maximum Gasteiger partial charge on any atom is 0.234 e. The van der Waals surface area contributed by atoms with Gasteiger partial charge in [-0.05, 0) is 6.26 Å². The van der Waals surface area contributed by atoms with Gasteiger partial charge < -0.3 is 5.73 Å². The van der Waals surface area contributed by atoms with Crippen LogP contribution < -0.4 is 5.73 Å². The zero-order valence-corrected chi connectivity index (χ0v) is 8.40. The molecule has 2 N–H and O–H groups in total. The van der Waals surface area contributed by atoms with Gasteiger partial charge >= 0.3 is 0 Å². The molecule has 2 nitrogen and oxygen atoms in total. The Morgan fingerprint density at radius 2 is 2.00 bits per heavy atom. The fourth-order valence-electron chi connectivity index (χ4n) is 0.645. The van der Waals surface area contributed by atoms with Gasteiger partial charge in [-0.25, -0.2) is 4.98 Å². The quantitative estimate of drug-likeness (QED) is 0.592. The molecule has 6 heteroatoms. The Bertz CT molecular complexity index is 319. The smallest absolute Gasteiger partial charge is 0.234 e. The van der Waals surface area contributed by atoms with E-state index in [4.69, 9.17) is 28.9 Å². The van der Waals surface area contributed by atoms with Crippen molar-refractivity contribution < 1.29 is 4.39 Å². The van der Waals surface area contributed by atoms with Gasteiger partial charge in [-0.15, -0.1) is 11.8 Å². The van der Waals surface area contributed by atoms with Crippen LogP contribution in [0.25, 0.3) is 0 Å². The van der Waals surface area contributed by atoms with Crippen molar-refractivity contribution in [2.24, 2.45) is 0 Å². The third-order valence-electron chi connectivity index (χ3n) is 1.23. The van der Waals surface area contributed by atoms with E-state index >= 15 is 0 Å². The summed E-state index contributed by atoms with van der Waals surface area (Å²) in [6, 6.07) is 0. The number of nitrogens with zero attached hydrogens (tertiary/aromatic N) is 1. The van der Waals surface area contributed by atoms with Crippen molar-refractivity contribution in [3.05, 3.63) is 16.0 Å². The van der Waals surface area contributed by atoms with Gasteiger partial charge in [0.05, 0.1) is 10.7 Å². The molecule has 1 aromatic rings. The summed E-state index contributed by atoms with van der Waals surface area (Å²) in [6.07, 6.45) is 1.72. The van der Waals surface area contributed by atoms with Crippen LogP contribution in [0.15, 0.2) is 5.03 Å². The van der Waals surface area contributed by atoms with E-state index in [1.807, 2.05) is 0 Å². The second-order valence-corrected chi connectivity index (χ2v) is 3.50. The molecule has 0 amide bonds. The summed E-state index contributed by atoms with van der Waals surface area (Å²) in [4.78, 5) is 3.50. The Balaban J connectivity index is 3.39. The maximum atomic E-state index is 12.8. The van der Waals surface area contributed by atoms with E-state index in [0.717, 1.165) is 0 Å². The van der Waals surface area contributed by atoms with Crippen molar-refractivity contribution in [3.8, 4) is 0 Å². The van der Waals surface area contributed by atoms with Gasteiger partial charge in [0.1, 0.15) is 10.0 Å². The first-order valence-electron chi connectivity index (χ1n) is 2.92. The van der Waals surface area contributed by atoms with Gasteiger partial charge in [-0.2, -0.15) is 4.39 Å². The molecule has 0 aliphatic heterocycles. The molecule has 1 heterocycles. The van der Waals surface area contributed by atoms with Crippen LogP contribution in [0, 0.1) is 5.95 Å². The molecule has 12 heavy (non-hydrogen) atoms. The minimum absolute atomic E-state index is 0.0372. The number of thioether (sulfide) groups is 1. The highest BCUT2D eigenvalue weighted by Crippen LogP contribution is 2.34. The van der Waals surface area contributed by atoms with Crippen molar-refractivity contribution in [2.75, 3.05) is 12.0 Å². The second kappa shape index (κ2) is 3.68. The van der Waals surface area contributed by atoms with E-state index in [1.165, 1.54) is 11.8 Å². The lowest BCUT2D eigenvalue weighted by atomic mass is 10.4. The summed E-state index contributed by atoms with van der Waals surface area (Å²) >= 11 is 12.4. The Labute approximate surface area is 83.3 Å². The third-order valence-corrected chi connectivity index (χ3v) is 2.77. The summed E-state index contributed by atoms with van der Waals surface area (Å²) in [5, 5.41) is 0.322. The Hall–Kier alpha value is -0.190. The molecule has 0 aliphatic carbocycles. The first kappa shape index (κ1) is 9.89. The topological polar surface area (TPSA) is 38.9 Å². The maximum absolute atomic E-state index is 12.8. The molecular formula is C6H5Cl2FN2S. The number of halogens is 3. The number of pyridine rings is 1. The summed E-state index contributed by atoms with van der Waals surface area (Å²) in [7, 11) is 0. The average molecular weight is 227 g/mol. The number of aromatic nitrogens is 1. The average Bonchev–Trinajstić information content (AvgIpc) is 2.08. The second-order valence-electron chi connectivity index (χ2n) is 1.95. The van der Waals surface area contributed by atoms with Crippen LogP contribution in [-0.4, -0.2) is 11.2 Å². The van der Waals surface area contributed by atoms with Crippen molar-refractivity contribution >= 4 is 40.7 Å². The van der Waals surface area contributed by atoms with Crippen LogP contribution in [0.3, 0.4) is 0 Å². The predicted molar refractivity (Wildman–Crippen MR) is 50.4 cm³/mol. The number of nitrogen functional groups attached to an aromatic ring is 1. The lowest BCUT2D eigenvalue weighted by Gasteiger charge is -2.05. The zero-order valence-electron chi connectivity index (χ0n) is 6.07. The zero-order chi connectivity index (χ0) is 9.30. The summed E-state index contributed by atoms with van der Waals surface area (Å²) in [5.74, 6) is -0.789. The number of hydrogen-bond donors (Lipinski definition) is 1. The van der Waals surface area contributed by atoms with Gasteiger partial charge in [-0.3, -0.25) is 0 Å². The van der Waals surface area contributed by atoms with Gasteiger partial charge in [0.25, 0.3) is 0 Å². The molecule has 0 saturated heterocycles. The monoisotopic (exact) mass is 226 g/mol. The lowest BCUT2D eigenvalue weighted by molar-refractivity contribution is 0.574. The van der Waals surface area contributed by atoms with E-state index in [-0.39, 0.29) is 15.7 Å². The van der Waals surface area contributed by atoms with Crippen molar-refractivity contribution in [1.82, 2.24) is 4.98 Å². The molecule has 1 aromatic heterocycles. The highest BCUT2D eigenvalue weighted by Gasteiger charge is 2.13. The van der Waals surface area contributed by atoms with Crippen LogP contribution in [0.5, 0.6) is 0 Å². The molecule has 0 aromatic carbocycles. The van der Waals surface area contributed by atoms with E-state index in [0.29, 0.717) is 5.03 Å². The summed E-state index contributed by atoms with van der Waals surface area (Å²) in [6.45, 7) is 0. The Morgan fingerprint density at radius 1 is 1.42 bits per heavy atom. The molecule has 0 aliphatic rings. The molecule has 0 atom stereocenters. The summed E-state index contributed by atoms with van der Waals surface area (Å²) in [5.41, 5.74) is 5.44. The van der Waals surface area contributed by atoms with E-state index in [9.17, 15) is 4.39 Å².